The largest absolute Gasteiger partial charge is 0.305 e. The SMILES string of the molecule is Cn1nc2cc([N+](=O)[O-])cc([N+](=O)[O-])c2n1. The van der Waals surface area contributed by atoms with Gasteiger partial charge in [-0.25, -0.2) is 0 Å². The quantitative estimate of drug-likeness (QED) is 0.548. The molecule has 0 atom stereocenters. The molecule has 0 fully saturated rings. The first-order valence-corrected chi connectivity index (χ1v) is 4.13. The summed E-state index contributed by atoms with van der Waals surface area (Å²) in [7, 11) is 1.48. The van der Waals surface area contributed by atoms with E-state index in [-0.39, 0.29) is 16.7 Å². The second kappa shape index (κ2) is 3.22. The van der Waals surface area contributed by atoms with Gasteiger partial charge in [-0.3, -0.25) is 20.2 Å². The van der Waals surface area contributed by atoms with Crippen LogP contribution in [0.4, 0.5) is 11.4 Å². The molecule has 0 unspecified atom stereocenters. The zero-order valence-corrected chi connectivity index (χ0v) is 8.02. The van der Waals surface area contributed by atoms with Crippen molar-refractivity contribution in [1.82, 2.24) is 15.0 Å². The lowest BCUT2D eigenvalue weighted by molar-refractivity contribution is -0.393. The molecule has 0 aliphatic rings. The summed E-state index contributed by atoms with van der Waals surface area (Å²) >= 11 is 0. The topological polar surface area (TPSA) is 117 Å². The van der Waals surface area contributed by atoms with Crippen molar-refractivity contribution >= 4 is 22.4 Å². The number of non-ortho nitro benzene ring substituents is 2. The van der Waals surface area contributed by atoms with E-state index in [1.165, 1.54) is 7.05 Å². The van der Waals surface area contributed by atoms with Crippen LogP contribution in [0.25, 0.3) is 11.0 Å². The van der Waals surface area contributed by atoms with Crippen molar-refractivity contribution in [2.45, 2.75) is 0 Å². The molecule has 82 valence electrons. The van der Waals surface area contributed by atoms with Crippen LogP contribution in [0.5, 0.6) is 0 Å². The van der Waals surface area contributed by atoms with Crippen LogP contribution in [0.3, 0.4) is 0 Å². The van der Waals surface area contributed by atoms with Crippen LogP contribution in [0, 0.1) is 20.2 Å². The van der Waals surface area contributed by atoms with Gasteiger partial charge in [-0.1, -0.05) is 0 Å². The first kappa shape index (κ1) is 9.96. The molecule has 0 N–H and O–H groups in total. The van der Waals surface area contributed by atoms with Gasteiger partial charge in [0.15, 0.2) is 5.52 Å². The van der Waals surface area contributed by atoms with E-state index in [4.69, 9.17) is 0 Å². The molecule has 0 spiro atoms. The lowest BCUT2D eigenvalue weighted by atomic mass is 10.2. The second-order valence-electron chi connectivity index (χ2n) is 3.04. The Morgan fingerprint density at radius 3 is 2.44 bits per heavy atom. The molecular weight excluding hydrogens is 218 g/mol. The van der Waals surface area contributed by atoms with Crippen LogP contribution in [0.2, 0.25) is 0 Å². The molecule has 1 heterocycles. The Bertz CT molecular complexity index is 604. The highest BCUT2D eigenvalue weighted by Crippen LogP contribution is 2.28. The predicted molar refractivity (Wildman–Crippen MR) is 51.8 cm³/mol. The summed E-state index contributed by atoms with van der Waals surface area (Å²) in [6, 6.07) is 2.02. The smallest absolute Gasteiger partial charge is 0.258 e. The van der Waals surface area contributed by atoms with Gasteiger partial charge in [0.2, 0.25) is 0 Å². The third-order valence-corrected chi connectivity index (χ3v) is 1.96. The standard InChI is InChI=1S/C7H5N5O4/c1-10-8-5-2-4(11(13)14)3-6(12(15)16)7(5)9-10/h2-3H,1H3. The fraction of sp³-hybridized carbons (Fsp3) is 0.143. The molecule has 0 aliphatic heterocycles. The van der Waals surface area contributed by atoms with Crippen LogP contribution < -0.4 is 0 Å². The molecule has 9 nitrogen and oxygen atoms in total. The fourth-order valence-corrected chi connectivity index (χ4v) is 1.34. The van der Waals surface area contributed by atoms with E-state index in [9.17, 15) is 20.2 Å². The molecule has 2 rings (SSSR count). The van der Waals surface area contributed by atoms with Crippen molar-refractivity contribution in [3.05, 3.63) is 32.4 Å². The molecule has 0 amide bonds. The molecule has 9 heteroatoms. The van der Waals surface area contributed by atoms with E-state index in [1.807, 2.05) is 0 Å². The Labute approximate surface area is 87.6 Å². The van der Waals surface area contributed by atoms with E-state index in [0.29, 0.717) is 0 Å². The number of rotatable bonds is 2. The highest BCUT2D eigenvalue weighted by atomic mass is 16.6. The molecular formula is C7H5N5O4. The van der Waals surface area contributed by atoms with Gasteiger partial charge in [0.25, 0.3) is 5.69 Å². The van der Waals surface area contributed by atoms with Crippen molar-refractivity contribution in [1.29, 1.82) is 0 Å². The van der Waals surface area contributed by atoms with E-state index in [1.54, 1.807) is 0 Å². The number of aryl methyl sites for hydroxylation is 1. The highest BCUT2D eigenvalue weighted by molar-refractivity contribution is 5.86. The number of nitrogens with zero attached hydrogens (tertiary/aromatic N) is 5. The Morgan fingerprint density at radius 2 is 1.88 bits per heavy atom. The van der Waals surface area contributed by atoms with Gasteiger partial charge in [0.1, 0.15) is 5.52 Å². The van der Waals surface area contributed by atoms with Gasteiger partial charge in [-0.05, 0) is 0 Å². The summed E-state index contributed by atoms with van der Waals surface area (Å²) in [5.41, 5.74) is -0.626. The molecule has 0 radical (unpaired) electrons. The molecule has 1 aromatic heterocycles. The Kier molecular flexibility index (Phi) is 2.01. The van der Waals surface area contributed by atoms with Gasteiger partial charge in [-0.2, -0.15) is 9.90 Å². The zero-order chi connectivity index (χ0) is 11.9. The van der Waals surface area contributed by atoms with E-state index in [2.05, 4.69) is 10.2 Å². The summed E-state index contributed by atoms with van der Waals surface area (Å²) in [5.74, 6) is 0. The summed E-state index contributed by atoms with van der Waals surface area (Å²) in [6.07, 6.45) is 0. The maximum absolute atomic E-state index is 10.7. The third-order valence-electron chi connectivity index (χ3n) is 1.96. The molecule has 0 bridgehead atoms. The maximum Gasteiger partial charge on any atom is 0.305 e. The first-order valence-electron chi connectivity index (χ1n) is 4.13. The number of benzene rings is 1. The number of fused-ring (bicyclic) bond motifs is 1. The lowest BCUT2D eigenvalue weighted by Crippen LogP contribution is -1.94. The Balaban J connectivity index is 2.83. The van der Waals surface area contributed by atoms with Crippen LogP contribution in [-0.2, 0) is 7.05 Å². The number of hydrogen-bond donors (Lipinski definition) is 0. The van der Waals surface area contributed by atoms with Crippen molar-refractivity contribution in [2.75, 3.05) is 0 Å². The average molecular weight is 223 g/mol. The number of hydrogen-bond acceptors (Lipinski definition) is 6. The monoisotopic (exact) mass is 223 g/mol. The zero-order valence-electron chi connectivity index (χ0n) is 8.02. The molecule has 0 saturated heterocycles. The minimum absolute atomic E-state index is 0.0399. The third kappa shape index (κ3) is 1.43. The van der Waals surface area contributed by atoms with Gasteiger partial charge >= 0.3 is 5.69 Å². The average Bonchev–Trinajstić information content (AvgIpc) is 2.55. The number of aromatic nitrogens is 3. The molecule has 16 heavy (non-hydrogen) atoms. The van der Waals surface area contributed by atoms with E-state index >= 15 is 0 Å². The van der Waals surface area contributed by atoms with Gasteiger partial charge in [0.05, 0.1) is 15.9 Å². The van der Waals surface area contributed by atoms with Crippen molar-refractivity contribution in [2.24, 2.45) is 7.05 Å². The lowest BCUT2D eigenvalue weighted by Gasteiger charge is -1.92. The molecule has 1 aromatic carbocycles. The summed E-state index contributed by atoms with van der Waals surface area (Å²) in [4.78, 5) is 21.0. The van der Waals surface area contributed by atoms with Crippen molar-refractivity contribution in [3.8, 4) is 0 Å². The minimum Gasteiger partial charge on any atom is -0.258 e. The molecule has 2 aromatic rings. The summed E-state index contributed by atoms with van der Waals surface area (Å²) in [5, 5.41) is 28.8. The second-order valence-corrected chi connectivity index (χ2v) is 3.04. The van der Waals surface area contributed by atoms with E-state index in [0.717, 1.165) is 16.9 Å². The summed E-state index contributed by atoms with van der Waals surface area (Å²) < 4.78 is 0. The van der Waals surface area contributed by atoms with Crippen LogP contribution in [0.1, 0.15) is 0 Å². The van der Waals surface area contributed by atoms with Gasteiger partial charge in [0, 0.05) is 13.1 Å². The normalized spacial score (nSPS) is 10.6. The minimum atomic E-state index is -0.718. The van der Waals surface area contributed by atoms with Crippen LogP contribution in [-0.4, -0.2) is 24.8 Å². The first-order chi connectivity index (χ1) is 7.49. The van der Waals surface area contributed by atoms with Gasteiger partial charge < -0.3 is 0 Å². The summed E-state index contributed by atoms with van der Waals surface area (Å²) in [6.45, 7) is 0. The Morgan fingerprint density at radius 1 is 1.19 bits per heavy atom. The van der Waals surface area contributed by atoms with Crippen molar-refractivity contribution < 1.29 is 9.85 Å². The highest BCUT2D eigenvalue weighted by Gasteiger charge is 2.22. The van der Waals surface area contributed by atoms with Crippen LogP contribution in [0.15, 0.2) is 12.1 Å². The molecule has 0 saturated carbocycles. The van der Waals surface area contributed by atoms with Crippen molar-refractivity contribution in [3.63, 3.8) is 0 Å². The Hall–Kier alpha value is -2.58. The number of nitro benzene ring substituents is 2. The van der Waals surface area contributed by atoms with Crippen LogP contribution >= 0.6 is 0 Å². The van der Waals surface area contributed by atoms with Gasteiger partial charge in [-0.15, -0.1) is 5.10 Å². The maximum atomic E-state index is 10.7. The van der Waals surface area contributed by atoms with E-state index < -0.39 is 15.5 Å². The number of nitro groups is 2. The molecule has 0 aliphatic carbocycles. The fourth-order valence-electron chi connectivity index (χ4n) is 1.34. The predicted octanol–water partition coefficient (Wildman–Crippen LogP) is 0.785.